The Labute approximate surface area is 192 Å². The van der Waals surface area contributed by atoms with E-state index in [4.69, 9.17) is 0 Å². The van der Waals surface area contributed by atoms with Gasteiger partial charge in [0.1, 0.15) is 11.5 Å². The number of aryl methyl sites for hydroxylation is 1. The molecular formula is C27H25FN4O. The van der Waals surface area contributed by atoms with Gasteiger partial charge in [0.25, 0.3) is 5.91 Å². The molecule has 1 saturated heterocycles. The van der Waals surface area contributed by atoms with Gasteiger partial charge in [0.2, 0.25) is 0 Å². The van der Waals surface area contributed by atoms with E-state index in [9.17, 15) is 9.18 Å². The highest BCUT2D eigenvalue weighted by molar-refractivity contribution is 6.00. The molecule has 1 amide bonds. The molecule has 0 aliphatic carbocycles. The number of fused-ring (bicyclic) bond motifs is 1. The summed E-state index contributed by atoms with van der Waals surface area (Å²) in [5, 5.41) is 10.8. The van der Waals surface area contributed by atoms with Gasteiger partial charge in [-0.05, 0) is 43.7 Å². The van der Waals surface area contributed by atoms with Gasteiger partial charge in [-0.2, -0.15) is 0 Å². The maximum atomic E-state index is 14.7. The molecule has 1 aliphatic heterocycles. The maximum Gasteiger partial charge on any atom is 0.253 e. The Morgan fingerprint density at radius 3 is 2.39 bits per heavy atom. The molecule has 1 aromatic heterocycles. The van der Waals surface area contributed by atoms with Crippen LogP contribution < -0.4 is 4.90 Å². The number of nitrogens with zero attached hydrogens (tertiary/aromatic N) is 4. The van der Waals surface area contributed by atoms with Crippen LogP contribution in [0.2, 0.25) is 0 Å². The molecule has 166 valence electrons. The summed E-state index contributed by atoms with van der Waals surface area (Å²) in [6.07, 6.45) is 0. The first-order valence-corrected chi connectivity index (χ1v) is 11.2. The molecule has 3 aromatic carbocycles. The molecule has 0 bridgehead atoms. The first-order chi connectivity index (χ1) is 16.0. The molecule has 33 heavy (non-hydrogen) atoms. The van der Waals surface area contributed by atoms with Crippen molar-refractivity contribution < 1.29 is 9.18 Å². The second-order valence-corrected chi connectivity index (χ2v) is 8.56. The maximum absolute atomic E-state index is 14.7. The number of rotatable bonds is 3. The van der Waals surface area contributed by atoms with Crippen LogP contribution in [0.4, 0.5) is 10.2 Å². The van der Waals surface area contributed by atoms with Crippen molar-refractivity contribution in [2.75, 3.05) is 24.5 Å². The molecule has 0 N–H and O–H groups in total. The van der Waals surface area contributed by atoms with Gasteiger partial charge in [-0.1, -0.05) is 48.5 Å². The van der Waals surface area contributed by atoms with Crippen molar-refractivity contribution in [3.63, 3.8) is 0 Å². The van der Waals surface area contributed by atoms with Gasteiger partial charge in [-0.15, -0.1) is 10.2 Å². The fourth-order valence-corrected chi connectivity index (χ4v) is 4.53. The number of halogens is 1. The van der Waals surface area contributed by atoms with E-state index in [1.165, 1.54) is 6.07 Å². The molecule has 5 nitrogen and oxygen atoms in total. The van der Waals surface area contributed by atoms with Crippen LogP contribution in [-0.4, -0.2) is 46.7 Å². The van der Waals surface area contributed by atoms with Gasteiger partial charge in [0, 0.05) is 47.6 Å². The Hall–Kier alpha value is -3.80. The van der Waals surface area contributed by atoms with Crippen LogP contribution in [0.1, 0.15) is 22.8 Å². The summed E-state index contributed by atoms with van der Waals surface area (Å²) < 4.78 is 14.7. The van der Waals surface area contributed by atoms with E-state index in [1.54, 1.807) is 6.07 Å². The van der Waals surface area contributed by atoms with E-state index < -0.39 is 0 Å². The molecule has 6 heteroatoms. The molecule has 1 atom stereocenters. The first-order valence-electron chi connectivity index (χ1n) is 11.2. The van der Waals surface area contributed by atoms with E-state index >= 15 is 0 Å². The third kappa shape index (κ3) is 3.93. The molecule has 5 rings (SSSR count). The van der Waals surface area contributed by atoms with Gasteiger partial charge in [0.15, 0.2) is 5.82 Å². The zero-order chi connectivity index (χ0) is 22.9. The van der Waals surface area contributed by atoms with Crippen molar-refractivity contribution in [3.05, 3.63) is 89.7 Å². The normalized spacial score (nSPS) is 16.3. The van der Waals surface area contributed by atoms with E-state index in [-0.39, 0.29) is 17.8 Å². The smallest absolute Gasteiger partial charge is 0.253 e. The zero-order valence-corrected chi connectivity index (χ0v) is 18.7. The quantitative estimate of drug-likeness (QED) is 0.445. The molecule has 0 saturated carbocycles. The van der Waals surface area contributed by atoms with Crippen LogP contribution in [0.5, 0.6) is 0 Å². The second-order valence-electron chi connectivity index (χ2n) is 8.56. The summed E-state index contributed by atoms with van der Waals surface area (Å²) in [5.74, 6) is 0.507. The lowest BCUT2D eigenvalue weighted by molar-refractivity contribution is 0.0726. The van der Waals surface area contributed by atoms with Crippen molar-refractivity contribution in [1.82, 2.24) is 15.1 Å². The largest absolute Gasteiger partial charge is 0.348 e. The summed E-state index contributed by atoms with van der Waals surface area (Å²) in [6.45, 7) is 5.80. The minimum absolute atomic E-state index is 0.0447. The van der Waals surface area contributed by atoms with Gasteiger partial charge in [0.05, 0.1) is 0 Å². The number of piperazine rings is 1. The Kier molecular flexibility index (Phi) is 5.50. The zero-order valence-electron chi connectivity index (χ0n) is 18.7. The molecule has 1 fully saturated rings. The van der Waals surface area contributed by atoms with E-state index in [2.05, 4.69) is 22.0 Å². The lowest BCUT2D eigenvalue weighted by Gasteiger charge is -2.40. The summed E-state index contributed by atoms with van der Waals surface area (Å²) in [5.41, 5.74) is 2.55. The minimum Gasteiger partial charge on any atom is -0.348 e. The Morgan fingerprint density at radius 1 is 0.939 bits per heavy atom. The molecule has 2 heterocycles. The predicted octanol–water partition coefficient (Wildman–Crippen LogP) is 5.10. The fraction of sp³-hybridized carbons (Fsp3) is 0.222. The van der Waals surface area contributed by atoms with Crippen LogP contribution in [0, 0.1) is 12.7 Å². The Balaban J connectivity index is 1.47. The highest BCUT2D eigenvalue weighted by atomic mass is 19.1. The average Bonchev–Trinajstić information content (AvgIpc) is 2.84. The molecule has 0 unspecified atom stereocenters. The highest BCUT2D eigenvalue weighted by Gasteiger charge is 2.29. The third-order valence-electron chi connectivity index (χ3n) is 6.26. The summed E-state index contributed by atoms with van der Waals surface area (Å²) >= 11 is 0. The van der Waals surface area contributed by atoms with Crippen molar-refractivity contribution in [2.24, 2.45) is 0 Å². The predicted molar refractivity (Wildman–Crippen MR) is 129 cm³/mol. The van der Waals surface area contributed by atoms with Gasteiger partial charge >= 0.3 is 0 Å². The van der Waals surface area contributed by atoms with Crippen LogP contribution in [-0.2, 0) is 0 Å². The SMILES string of the molecule is Cc1ccc(-c2nnc(N3CCN(C(=O)c4ccccc4)C[C@H]3C)c3ccccc23)c(F)c1. The van der Waals surface area contributed by atoms with Gasteiger partial charge in [-0.25, -0.2) is 4.39 Å². The van der Waals surface area contributed by atoms with Crippen LogP contribution in [0.15, 0.2) is 72.8 Å². The summed E-state index contributed by atoms with van der Waals surface area (Å²) in [4.78, 5) is 17.0. The number of hydrogen-bond acceptors (Lipinski definition) is 4. The van der Waals surface area contributed by atoms with Gasteiger partial charge < -0.3 is 9.80 Å². The lowest BCUT2D eigenvalue weighted by Crippen LogP contribution is -2.54. The first kappa shape index (κ1) is 21.1. The number of aromatic nitrogens is 2. The second kappa shape index (κ2) is 8.62. The number of hydrogen-bond donors (Lipinski definition) is 0. The van der Waals surface area contributed by atoms with Crippen LogP contribution >= 0.6 is 0 Å². The third-order valence-corrected chi connectivity index (χ3v) is 6.26. The number of carbonyl (C=O) groups excluding carboxylic acids is 1. The van der Waals surface area contributed by atoms with Crippen LogP contribution in [0.25, 0.3) is 22.0 Å². The minimum atomic E-state index is -0.302. The van der Waals surface area contributed by atoms with E-state index in [0.717, 1.165) is 22.2 Å². The number of amides is 1. The summed E-state index contributed by atoms with van der Waals surface area (Å²) in [6, 6.07) is 22.5. The molecule has 0 spiro atoms. The molecular weight excluding hydrogens is 415 g/mol. The highest BCUT2D eigenvalue weighted by Crippen LogP contribution is 2.34. The Bertz CT molecular complexity index is 1320. The Morgan fingerprint density at radius 2 is 1.67 bits per heavy atom. The van der Waals surface area contributed by atoms with Crippen LogP contribution in [0.3, 0.4) is 0 Å². The monoisotopic (exact) mass is 440 g/mol. The molecule has 1 aliphatic rings. The van der Waals surface area contributed by atoms with E-state index in [0.29, 0.717) is 36.5 Å². The summed E-state index contributed by atoms with van der Waals surface area (Å²) in [7, 11) is 0. The molecule has 0 radical (unpaired) electrons. The fourth-order valence-electron chi connectivity index (χ4n) is 4.53. The number of benzene rings is 3. The van der Waals surface area contributed by atoms with Gasteiger partial charge in [-0.3, -0.25) is 4.79 Å². The van der Waals surface area contributed by atoms with Crippen molar-refractivity contribution in [3.8, 4) is 11.3 Å². The lowest BCUT2D eigenvalue weighted by atomic mass is 10.0. The molecule has 4 aromatic rings. The topological polar surface area (TPSA) is 49.3 Å². The number of carbonyl (C=O) groups is 1. The van der Waals surface area contributed by atoms with Crippen molar-refractivity contribution in [1.29, 1.82) is 0 Å². The average molecular weight is 441 g/mol. The number of anilines is 1. The standard InChI is InChI=1S/C27H25FN4O/c1-18-12-13-23(24(28)16-18)25-21-10-6-7-11-22(21)26(30-29-25)32-15-14-31(17-19(32)2)27(33)20-8-4-3-5-9-20/h3-13,16,19H,14-15,17H2,1-2H3/t19-/m1/s1. The van der Waals surface area contributed by atoms with Crippen molar-refractivity contribution in [2.45, 2.75) is 19.9 Å². The van der Waals surface area contributed by atoms with Crippen molar-refractivity contribution >= 4 is 22.5 Å². The van der Waals surface area contributed by atoms with E-state index in [1.807, 2.05) is 72.5 Å².